The van der Waals surface area contributed by atoms with Crippen molar-refractivity contribution in [1.29, 1.82) is 0 Å². The van der Waals surface area contributed by atoms with E-state index in [-0.39, 0.29) is 13.2 Å². The molecule has 0 saturated heterocycles. The number of methoxy groups -OCH3 is 1. The number of rotatable bonds is 8. The number of hydrogen-bond donors (Lipinski definition) is 3. The zero-order chi connectivity index (χ0) is 14.3. The van der Waals surface area contributed by atoms with Crippen LogP contribution in [-0.4, -0.2) is 42.3 Å². The molecule has 1 aromatic rings. The van der Waals surface area contributed by atoms with Crippen molar-refractivity contribution in [3.63, 3.8) is 0 Å². The van der Waals surface area contributed by atoms with Gasteiger partial charge in [-0.05, 0) is 36.1 Å². The lowest BCUT2D eigenvalue weighted by atomic mass is 10.1. The fraction of sp³-hybridized carbons (Fsp3) is 0.571. The molecule has 108 valence electrons. The Bertz CT molecular complexity index is 361. The smallest absolute Gasteiger partial charge is 0.154 e. The first-order chi connectivity index (χ1) is 9.10. The van der Waals surface area contributed by atoms with Crippen molar-refractivity contribution in [2.75, 3.05) is 25.6 Å². The van der Waals surface area contributed by atoms with Crippen LogP contribution in [-0.2, 0) is 18.0 Å². The number of nitrogens with zero attached hydrogens (tertiary/aromatic N) is 1. The molecule has 1 unspecified atom stereocenters. The molecule has 0 heterocycles. The number of hydrogen-bond acceptors (Lipinski definition) is 5. The number of anilines is 1. The van der Waals surface area contributed by atoms with Crippen molar-refractivity contribution < 1.29 is 20.1 Å². The van der Waals surface area contributed by atoms with Crippen LogP contribution in [0.2, 0.25) is 0 Å². The van der Waals surface area contributed by atoms with Crippen LogP contribution in [0.15, 0.2) is 18.2 Å². The SMILES string of the molecule is COC(O)CCCN(C)c1cc(CO)cc(CO)c1. The van der Waals surface area contributed by atoms with Crippen LogP contribution in [0.5, 0.6) is 0 Å². The summed E-state index contributed by atoms with van der Waals surface area (Å²) in [6.45, 7) is 0.675. The Balaban J connectivity index is 2.62. The third-order valence-electron chi connectivity index (χ3n) is 3.06. The minimum absolute atomic E-state index is 0.0446. The van der Waals surface area contributed by atoms with Crippen LogP contribution in [0.3, 0.4) is 0 Å². The van der Waals surface area contributed by atoms with Gasteiger partial charge in [-0.15, -0.1) is 0 Å². The molecule has 1 aromatic carbocycles. The van der Waals surface area contributed by atoms with Crippen LogP contribution < -0.4 is 4.90 Å². The maximum Gasteiger partial charge on any atom is 0.154 e. The minimum atomic E-state index is -0.717. The molecule has 0 saturated carbocycles. The summed E-state index contributed by atoms with van der Waals surface area (Å²) in [5.41, 5.74) is 2.51. The van der Waals surface area contributed by atoms with Gasteiger partial charge in [0.25, 0.3) is 0 Å². The molecule has 1 rings (SSSR count). The third kappa shape index (κ3) is 5.16. The van der Waals surface area contributed by atoms with Gasteiger partial charge in [-0.2, -0.15) is 0 Å². The van der Waals surface area contributed by atoms with Crippen LogP contribution in [0.25, 0.3) is 0 Å². The molecule has 0 fully saturated rings. The highest BCUT2D eigenvalue weighted by Crippen LogP contribution is 2.19. The van der Waals surface area contributed by atoms with Gasteiger partial charge in [0.1, 0.15) is 0 Å². The largest absolute Gasteiger partial charge is 0.392 e. The van der Waals surface area contributed by atoms with Crippen LogP contribution >= 0.6 is 0 Å². The summed E-state index contributed by atoms with van der Waals surface area (Å²) in [6.07, 6.45) is 0.654. The number of aliphatic hydroxyl groups is 3. The predicted molar refractivity (Wildman–Crippen MR) is 73.8 cm³/mol. The van der Waals surface area contributed by atoms with Crippen molar-refractivity contribution in [3.8, 4) is 0 Å². The van der Waals surface area contributed by atoms with E-state index < -0.39 is 6.29 Å². The zero-order valence-corrected chi connectivity index (χ0v) is 11.5. The van der Waals surface area contributed by atoms with Gasteiger partial charge in [0, 0.05) is 26.4 Å². The Labute approximate surface area is 114 Å². The molecule has 0 spiro atoms. The van der Waals surface area contributed by atoms with Crippen molar-refractivity contribution in [2.24, 2.45) is 0 Å². The Morgan fingerprint density at radius 1 is 1.16 bits per heavy atom. The van der Waals surface area contributed by atoms with E-state index in [1.54, 1.807) is 6.07 Å². The average molecular weight is 269 g/mol. The van der Waals surface area contributed by atoms with E-state index in [2.05, 4.69) is 0 Å². The van der Waals surface area contributed by atoms with Gasteiger partial charge < -0.3 is 25.0 Å². The van der Waals surface area contributed by atoms with Crippen molar-refractivity contribution >= 4 is 5.69 Å². The first kappa shape index (κ1) is 15.9. The molecule has 19 heavy (non-hydrogen) atoms. The van der Waals surface area contributed by atoms with Crippen LogP contribution in [0.1, 0.15) is 24.0 Å². The normalized spacial score (nSPS) is 12.5. The molecule has 0 bridgehead atoms. The molecule has 0 aliphatic rings. The number of benzene rings is 1. The topological polar surface area (TPSA) is 73.2 Å². The second kappa shape index (κ2) is 8.12. The summed E-state index contributed by atoms with van der Waals surface area (Å²) in [5.74, 6) is 0. The van der Waals surface area contributed by atoms with Crippen molar-refractivity contribution in [1.82, 2.24) is 0 Å². The van der Waals surface area contributed by atoms with E-state index in [1.165, 1.54) is 7.11 Å². The van der Waals surface area contributed by atoms with Gasteiger partial charge in [0.05, 0.1) is 13.2 Å². The maximum atomic E-state index is 9.30. The number of aliphatic hydroxyl groups excluding tert-OH is 3. The molecule has 3 N–H and O–H groups in total. The van der Waals surface area contributed by atoms with Gasteiger partial charge in [-0.1, -0.05) is 6.07 Å². The van der Waals surface area contributed by atoms with E-state index in [0.717, 1.165) is 29.8 Å². The Morgan fingerprint density at radius 3 is 2.21 bits per heavy atom. The molecule has 0 aliphatic carbocycles. The Kier molecular flexibility index (Phi) is 6.80. The summed E-state index contributed by atoms with van der Waals surface area (Å²) in [6, 6.07) is 5.57. The van der Waals surface area contributed by atoms with Gasteiger partial charge in [-0.3, -0.25) is 0 Å². The second-order valence-corrected chi connectivity index (χ2v) is 4.58. The molecule has 0 radical (unpaired) electrons. The van der Waals surface area contributed by atoms with Crippen molar-refractivity contribution in [3.05, 3.63) is 29.3 Å². The minimum Gasteiger partial charge on any atom is -0.392 e. The van der Waals surface area contributed by atoms with E-state index in [9.17, 15) is 15.3 Å². The quantitative estimate of drug-likeness (QED) is 0.610. The van der Waals surface area contributed by atoms with Gasteiger partial charge in [-0.25, -0.2) is 0 Å². The third-order valence-corrected chi connectivity index (χ3v) is 3.06. The van der Waals surface area contributed by atoms with Crippen molar-refractivity contribution in [2.45, 2.75) is 32.3 Å². The highest BCUT2D eigenvalue weighted by Gasteiger charge is 2.07. The molecule has 0 amide bonds. The van der Waals surface area contributed by atoms with E-state index in [0.29, 0.717) is 6.42 Å². The molecular weight excluding hydrogens is 246 g/mol. The highest BCUT2D eigenvalue weighted by molar-refractivity contribution is 5.50. The van der Waals surface area contributed by atoms with E-state index in [1.807, 2.05) is 24.1 Å². The summed E-state index contributed by atoms with van der Waals surface area (Å²) < 4.78 is 4.78. The summed E-state index contributed by atoms with van der Waals surface area (Å²) in [5, 5.41) is 27.7. The second-order valence-electron chi connectivity index (χ2n) is 4.58. The predicted octanol–water partition coefficient (Wildman–Crippen LogP) is 0.852. The standard InChI is InChI=1S/C14H23NO4/c1-15(5-3-4-14(18)19-2)13-7-11(9-16)6-12(8-13)10-17/h6-8,14,16-18H,3-5,9-10H2,1-2H3. The maximum absolute atomic E-state index is 9.30. The van der Waals surface area contributed by atoms with Crippen LogP contribution in [0, 0.1) is 0 Å². The summed E-state index contributed by atoms with van der Waals surface area (Å²) in [7, 11) is 3.42. The van der Waals surface area contributed by atoms with E-state index in [4.69, 9.17) is 4.74 Å². The van der Waals surface area contributed by atoms with Gasteiger partial charge in [0.15, 0.2) is 6.29 Å². The van der Waals surface area contributed by atoms with Crippen LogP contribution in [0.4, 0.5) is 5.69 Å². The molecule has 0 aliphatic heterocycles. The average Bonchev–Trinajstić information content (AvgIpc) is 2.46. The highest BCUT2D eigenvalue weighted by atomic mass is 16.6. The molecule has 0 aromatic heterocycles. The Morgan fingerprint density at radius 2 is 1.74 bits per heavy atom. The lowest BCUT2D eigenvalue weighted by Crippen LogP contribution is -2.21. The lowest BCUT2D eigenvalue weighted by molar-refractivity contribution is -0.0786. The first-order valence-corrected chi connectivity index (χ1v) is 6.37. The van der Waals surface area contributed by atoms with Gasteiger partial charge >= 0.3 is 0 Å². The first-order valence-electron chi connectivity index (χ1n) is 6.37. The van der Waals surface area contributed by atoms with E-state index >= 15 is 0 Å². The summed E-state index contributed by atoms with van der Waals surface area (Å²) >= 11 is 0. The molecule has 5 heteroatoms. The monoisotopic (exact) mass is 269 g/mol. The molecular formula is C14H23NO4. The fourth-order valence-electron chi connectivity index (χ4n) is 1.90. The molecule has 1 atom stereocenters. The molecule has 5 nitrogen and oxygen atoms in total. The summed E-state index contributed by atoms with van der Waals surface area (Å²) in [4.78, 5) is 2.03. The zero-order valence-electron chi connectivity index (χ0n) is 11.5. The van der Waals surface area contributed by atoms with Gasteiger partial charge in [0.2, 0.25) is 0 Å². The fourth-order valence-corrected chi connectivity index (χ4v) is 1.90. The Hall–Kier alpha value is -1.14. The number of ether oxygens (including phenoxy) is 1. The lowest BCUT2D eigenvalue weighted by Gasteiger charge is -2.21.